The maximum Gasteiger partial charge on any atom is 0.273 e. The van der Waals surface area contributed by atoms with Crippen molar-refractivity contribution in [3.8, 4) is 0 Å². The molecule has 0 aliphatic carbocycles. The quantitative estimate of drug-likeness (QED) is 0.597. The van der Waals surface area contributed by atoms with Crippen molar-refractivity contribution in [3.05, 3.63) is 76.8 Å². The highest BCUT2D eigenvalue weighted by Gasteiger charge is 2.29. The Balaban J connectivity index is 1.38. The average Bonchev–Trinajstić information content (AvgIpc) is 3.23. The molecule has 0 radical (unpaired) electrons. The van der Waals surface area contributed by atoms with Gasteiger partial charge in [0.1, 0.15) is 12.2 Å². The molecule has 32 heavy (non-hydrogen) atoms. The summed E-state index contributed by atoms with van der Waals surface area (Å²) in [4.78, 5) is 32.8. The molecule has 0 atom stereocenters. The number of rotatable bonds is 6. The summed E-state index contributed by atoms with van der Waals surface area (Å²) in [6.45, 7) is 3.29. The number of hydrogen-bond acceptors (Lipinski definition) is 6. The van der Waals surface area contributed by atoms with Crippen molar-refractivity contribution in [1.29, 1.82) is 0 Å². The van der Waals surface area contributed by atoms with Gasteiger partial charge in [0.15, 0.2) is 5.13 Å². The maximum atomic E-state index is 12.8. The number of nitrogens with one attached hydrogen (secondary N) is 1. The van der Waals surface area contributed by atoms with Gasteiger partial charge in [0.25, 0.3) is 15.9 Å². The second kappa shape index (κ2) is 9.09. The van der Waals surface area contributed by atoms with Gasteiger partial charge in [0, 0.05) is 25.0 Å². The molecule has 1 saturated heterocycles. The van der Waals surface area contributed by atoms with Crippen molar-refractivity contribution in [3.63, 3.8) is 0 Å². The molecule has 1 aromatic heterocycles. The van der Waals surface area contributed by atoms with Gasteiger partial charge >= 0.3 is 0 Å². The van der Waals surface area contributed by atoms with Crippen LogP contribution in [0.25, 0.3) is 0 Å². The van der Waals surface area contributed by atoms with Crippen molar-refractivity contribution < 1.29 is 18.0 Å². The molecule has 10 heteroatoms. The number of carbonyl (C=O) groups is 2. The first-order chi connectivity index (χ1) is 15.3. The largest absolute Gasteiger partial charge is 0.335 e. The number of thiazole rings is 1. The Hall–Kier alpha value is -3.24. The van der Waals surface area contributed by atoms with Gasteiger partial charge in [-0.3, -0.25) is 14.3 Å². The minimum Gasteiger partial charge on any atom is -0.335 e. The van der Waals surface area contributed by atoms with Crippen molar-refractivity contribution >= 4 is 38.3 Å². The van der Waals surface area contributed by atoms with Crippen LogP contribution in [0.1, 0.15) is 21.6 Å². The number of aryl methyl sites for hydroxylation is 1. The van der Waals surface area contributed by atoms with Gasteiger partial charge in [-0.2, -0.15) is 0 Å². The standard InChI is InChI=1S/C22H22N4O4S2/c1-16-6-5-7-17(12-16)13-25-10-11-26(14-20(25)27)21(28)19-15-31-22(23-19)24-32(29,30)18-8-3-2-4-9-18/h2-9,12,15H,10-11,13-14H2,1H3,(H,23,24). The molecule has 1 fully saturated rings. The average molecular weight is 471 g/mol. The number of piperazine rings is 1. The Kier molecular flexibility index (Phi) is 6.24. The highest BCUT2D eigenvalue weighted by molar-refractivity contribution is 7.93. The first-order valence-electron chi connectivity index (χ1n) is 9.98. The summed E-state index contributed by atoms with van der Waals surface area (Å²) < 4.78 is 27.3. The van der Waals surface area contributed by atoms with E-state index in [0.717, 1.165) is 22.5 Å². The number of sulfonamides is 1. The fourth-order valence-electron chi connectivity index (χ4n) is 3.43. The first kappa shape index (κ1) is 22.0. The second-order valence-corrected chi connectivity index (χ2v) is 10.0. The van der Waals surface area contributed by atoms with E-state index in [9.17, 15) is 18.0 Å². The summed E-state index contributed by atoms with van der Waals surface area (Å²) in [5.74, 6) is -0.527. The van der Waals surface area contributed by atoms with Crippen LogP contribution in [-0.4, -0.2) is 54.7 Å². The van der Waals surface area contributed by atoms with Gasteiger partial charge in [-0.15, -0.1) is 11.3 Å². The van der Waals surface area contributed by atoms with E-state index in [1.54, 1.807) is 23.1 Å². The smallest absolute Gasteiger partial charge is 0.273 e. The summed E-state index contributed by atoms with van der Waals surface area (Å²) in [6.07, 6.45) is 0. The monoisotopic (exact) mass is 470 g/mol. The van der Waals surface area contributed by atoms with Crippen LogP contribution in [0.15, 0.2) is 64.9 Å². The zero-order chi connectivity index (χ0) is 22.7. The summed E-state index contributed by atoms with van der Waals surface area (Å²) in [5, 5.41) is 1.59. The highest BCUT2D eigenvalue weighted by Crippen LogP contribution is 2.22. The van der Waals surface area contributed by atoms with Crippen LogP contribution < -0.4 is 4.72 Å². The lowest BCUT2D eigenvalue weighted by Crippen LogP contribution is -2.51. The molecule has 1 N–H and O–H groups in total. The van der Waals surface area contributed by atoms with Gasteiger partial charge in [0.05, 0.1) is 4.90 Å². The summed E-state index contributed by atoms with van der Waals surface area (Å²) in [6, 6.07) is 15.9. The third-order valence-electron chi connectivity index (χ3n) is 5.06. The molecular weight excluding hydrogens is 448 g/mol. The van der Waals surface area contributed by atoms with Gasteiger partial charge in [0.2, 0.25) is 5.91 Å². The van der Waals surface area contributed by atoms with E-state index in [2.05, 4.69) is 9.71 Å². The number of aromatic nitrogens is 1. The SMILES string of the molecule is Cc1cccc(CN2CCN(C(=O)c3csc(NS(=O)(=O)c4ccccc4)n3)CC2=O)c1. The van der Waals surface area contributed by atoms with E-state index < -0.39 is 15.9 Å². The number of benzene rings is 2. The zero-order valence-corrected chi connectivity index (χ0v) is 19.0. The highest BCUT2D eigenvalue weighted by atomic mass is 32.2. The minimum absolute atomic E-state index is 0.0345. The van der Waals surface area contributed by atoms with Crippen LogP contribution in [0.5, 0.6) is 0 Å². The van der Waals surface area contributed by atoms with E-state index in [1.165, 1.54) is 22.4 Å². The Morgan fingerprint density at radius 3 is 2.62 bits per heavy atom. The van der Waals surface area contributed by atoms with Crippen LogP contribution in [0.4, 0.5) is 5.13 Å². The van der Waals surface area contributed by atoms with Crippen LogP contribution in [-0.2, 0) is 21.4 Å². The molecule has 0 saturated carbocycles. The van der Waals surface area contributed by atoms with Gasteiger partial charge in [-0.05, 0) is 24.6 Å². The van der Waals surface area contributed by atoms with Gasteiger partial charge in [-0.1, -0.05) is 48.0 Å². The number of anilines is 1. The van der Waals surface area contributed by atoms with Gasteiger partial charge in [-0.25, -0.2) is 13.4 Å². The molecule has 0 spiro atoms. The predicted octanol–water partition coefficient (Wildman–Crippen LogP) is 2.74. The molecule has 1 aliphatic rings. The molecule has 3 aromatic rings. The lowest BCUT2D eigenvalue weighted by atomic mass is 10.1. The molecule has 1 aliphatic heterocycles. The van der Waals surface area contributed by atoms with Crippen LogP contribution >= 0.6 is 11.3 Å². The van der Waals surface area contributed by atoms with Crippen LogP contribution in [0.2, 0.25) is 0 Å². The molecule has 0 bridgehead atoms. The molecule has 4 rings (SSSR count). The van der Waals surface area contributed by atoms with Crippen molar-refractivity contribution in [1.82, 2.24) is 14.8 Å². The Morgan fingerprint density at radius 1 is 1.12 bits per heavy atom. The molecular formula is C22H22N4O4S2. The summed E-state index contributed by atoms with van der Waals surface area (Å²) in [7, 11) is -3.79. The fourth-order valence-corrected chi connectivity index (χ4v) is 5.39. The van der Waals surface area contributed by atoms with E-state index >= 15 is 0 Å². The lowest BCUT2D eigenvalue weighted by Gasteiger charge is -2.34. The van der Waals surface area contributed by atoms with Gasteiger partial charge < -0.3 is 9.80 Å². The van der Waals surface area contributed by atoms with Crippen LogP contribution in [0.3, 0.4) is 0 Å². The Bertz CT molecular complexity index is 1240. The van der Waals surface area contributed by atoms with Crippen LogP contribution in [0, 0.1) is 6.92 Å². The second-order valence-electron chi connectivity index (χ2n) is 7.49. The molecule has 8 nitrogen and oxygen atoms in total. The third kappa shape index (κ3) is 4.97. The number of amides is 2. The fraction of sp³-hybridized carbons (Fsp3) is 0.227. The van der Waals surface area contributed by atoms with E-state index in [0.29, 0.717) is 19.6 Å². The number of hydrogen-bond donors (Lipinski definition) is 1. The van der Waals surface area contributed by atoms with E-state index in [-0.39, 0.29) is 28.2 Å². The number of nitrogens with zero attached hydrogens (tertiary/aromatic N) is 3. The normalized spacial score (nSPS) is 14.5. The Labute approximate surface area is 190 Å². The van der Waals surface area contributed by atoms with Crippen molar-refractivity contribution in [2.24, 2.45) is 0 Å². The van der Waals surface area contributed by atoms with E-state index in [4.69, 9.17) is 0 Å². The molecule has 2 amide bonds. The molecule has 166 valence electrons. The molecule has 2 heterocycles. The first-order valence-corrected chi connectivity index (χ1v) is 12.3. The minimum atomic E-state index is -3.79. The zero-order valence-electron chi connectivity index (χ0n) is 17.4. The maximum absolute atomic E-state index is 12.8. The topological polar surface area (TPSA) is 99.7 Å². The Morgan fingerprint density at radius 2 is 1.91 bits per heavy atom. The van der Waals surface area contributed by atoms with E-state index in [1.807, 2.05) is 31.2 Å². The third-order valence-corrected chi connectivity index (χ3v) is 7.30. The predicted molar refractivity (Wildman–Crippen MR) is 122 cm³/mol. The molecule has 0 unspecified atom stereocenters. The van der Waals surface area contributed by atoms with Crippen molar-refractivity contribution in [2.45, 2.75) is 18.4 Å². The molecule has 2 aromatic carbocycles. The summed E-state index contributed by atoms with van der Waals surface area (Å²) in [5.41, 5.74) is 2.29. The number of carbonyl (C=O) groups excluding carboxylic acids is 2. The van der Waals surface area contributed by atoms with Crippen molar-refractivity contribution in [2.75, 3.05) is 24.4 Å². The summed E-state index contributed by atoms with van der Waals surface area (Å²) >= 11 is 1.02. The lowest BCUT2D eigenvalue weighted by molar-refractivity contribution is -0.135.